The topological polar surface area (TPSA) is 0 Å². The Morgan fingerprint density at radius 1 is 0.406 bits per heavy atom. The molecule has 32 heavy (non-hydrogen) atoms. The summed E-state index contributed by atoms with van der Waals surface area (Å²) in [6, 6.07) is 18.2. The van der Waals surface area contributed by atoms with Gasteiger partial charge in [-0.25, -0.2) is 0 Å². The van der Waals surface area contributed by atoms with E-state index in [0.717, 1.165) is 0 Å². The van der Waals surface area contributed by atoms with Gasteiger partial charge in [0.15, 0.2) is 0 Å². The Bertz CT molecular complexity index is 833. The quantitative estimate of drug-likeness (QED) is 0.392. The lowest BCUT2D eigenvalue weighted by atomic mass is 9.59. The van der Waals surface area contributed by atoms with Gasteiger partial charge in [0, 0.05) is 10.3 Å². The van der Waals surface area contributed by atoms with E-state index in [0.29, 0.717) is 0 Å². The third kappa shape index (κ3) is 4.37. The van der Waals surface area contributed by atoms with Crippen LogP contribution in [0.15, 0.2) is 48.5 Å². The molecule has 2 aromatic rings. The summed E-state index contributed by atoms with van der Waals surface area (Å²) < 4.78 is 0. The van der Waals surface area contributed by atoms with Crippen molar-refractivity contribution in [3.63, 3.8) is 0 Å². The summed E-state index contributed by atoms with van der Waals surface area (Å²) >= 11 is 0. The second-order valence-corrected chi connectivity index (χ2v) is 15.4. The van der Waals surface area contributed by atoms with Crippen LogP contribution in [-0.2, 0) is 10.3 Å². The molecule has 2 atom stereocenters. The summed E-state index contributed by atoms with van der Waals surface area (Å²) in [5, 5.41) is -0.201. The molecule has 0 aliphatic heterocycles. The lowest BCUT2D eigenvalue weighted by Gasteiger charge is -2.54. The fourth-order valence-corrected chi connectivity index (χ4v) is 6.49. The van der Waals surface area contributed by atoms with Crippen molar-refractivity contribution in [3.8, 4) is 11.1 Å². The molecule has 2 aromatic carbocycles. The summed E-state index contributed by atoms with van der Waals surface area (Å²) in [6.07, 6.45) is 0. The molecule has 0 bridgehead atoms. The molecule has 0 radical (unpaired) electrons. The van der Waals surface area contributed by atoms with Crippen LogP contribution in [0.3, 0.4) is 0 Å². The van der Waals surface area contributed by atoms with Gasteiger partial charge in [-0.05, 0) is 43.9 Å². The molecular weight excluding hydrogens is 422 g/mol. The molecule has 2 rings (SSSR count). The maximum Gasteiger partial charge on any atom is 0.0200 e. The molecule has 2 unspecified atom stereocenters. The van der Waals surface area contributed by atoms with E-state index < -0.39 is 0 Å². The highest BCUT2D eigenvalue weighted by atomic mass is 31.0. The minimum Gasteiger partial charge on any atom is -0.125 e. The predicted octanol–water partition coefficient (Wildman–Crippen LogP) is 9.68. The second-order valence-electron chi connectivity index (χ2n) is 13.7. The maximum absolute atomic E-state index is 3.30. The molecule has 0 saturated carbocycles. The maximum atomic E-state index is 3.30. The summed E-state index contributed by atoms with van der Waals surface area (Å²) in [5.41, 5.74) is 5.77. The summed E-state index contributed by atoms with van der Waals surface area (Å²) in [6.45, 7) is 28.5. The van der Waals surface area contributed by atoms with E-state index in [9.17, 15) is 0 Å². The van der Waals surface area contributed by atoms with Gasteiger partial charge in [0.25, 0.3) is 0 Å². The van der Waals surface area contributed by atoms with Gasteiger partial charge in [0.2, 0.25) is 0 Å². The van der Waals surface area contributed by atoms with Gasteiger partial charge < -0.3 is 0 Å². The van der Waals surface area contributed by atoms with Crippen molar-refractivity contribution in [2.24, 2.45) is 21.7 Å². The van der Waals surface area contributed by atoms with E-state index >= 15 is 0 Å². The average Bonchev–Trinajstić information content (AvgIpc) is 2.63. The van der Waals surface area contributed by atoms with Crippen LogP contribution in [0.2, 0.25) is 0 Å². The fraction of sp³-hybridized carbons (Fsp3) is 0.600. The molecule has 0 fully saturated rings. The Balaban J connectivity index is 3.01. The average molecular weight is 471 g/mol. The van der Waals surface area contributed by atoms with Crippen LogP contribution in [0.5, 0.6) is 0 Å². The van der Waals surface area contributed by atoms with Crippen molar-refractivity contribution < 1.29 is 0 Å². The molecule has 0 amide bonds. The smallest absolute Gasteiger partial charge is 0.0200 e. The molecular formula is C30H48P2. The molecule has 0 spiro atoms. The zero-order valence-corrected chi connectivity index (χ0v) is 25.1. The molecule has 0 aliphatic rings. The van der Waals surface area contributed by atoms with Gasteiger partial charge >= 0.3 is 0 Å². The van der Waals surface area contributed by atoms with Gasteiger partial charge in [-0.2, -0.15) is 0 Å². The number of hydrogen-bond acceptors (Lipinski definition) is 0. The van der Waals surface area contributed by atoms with Crippen LogP contribution in [0.4, 0.5) is 0 Å². The highest BCUT2D eigenvalue weighted by molar-refractivity contribution is 7.19. The third-order valence-corrected chi connectivity index (χ3v) is 11.8. The van der Waals surface area contributed by atoms with Crippen molar-refractivity contribution in [1.82, 2.24) is 0 Å². The predicted molar refractivity (Wildman–Crippen MR) is 152 cm³/mol. The minimum atomic E-state index is -0.100. The van der Waals surface area contributed by atoms with Crippen LogP contribution < -0.4 is 0 Å². The van der Waals surface area contributed by atoms with E-state index in [2.05, 4.69) is 150 Å². The van der Waals surface area contributed by atoms with E-state index in [4.69, 9.17) is 0 Å². The molecule has 0 N–H and O–H groups in total. The molecule has 0 aliphatic carbocycles. The van der Waals surface area contributed by atoms with Crippen LogP contribution in [0.25, 0.3) is 11.1 Å². The molecule has 0 heterocycles. The van der Waals surface area contributed by atoms with Crippen molar-refractivity contribution in [3.05, 3.63) is 59.7 Å². The molecule has 178 valence electrons. The first-order valence-electron chi connectivity index (χ1n) is 12.0. The van der Waals surface area contributed by atoms with Crippen LogP contribution >= 0.6 is 18.5 Å². The van der Waals surface area contributed by atoms with Crippen molar-refractivity contribution >= 4 is 18.5 Å². The molecule has 0 aromatic heterocycles. The van der Waals surface area contributed by atoms with E-state index in [1.54, 1.807) is 0 Å². The summed E-state index contributed by atoms with van der Waals surface area (Å²) in [4.78, 5) is 0. The van der Waals surface area contributed by atoms with Crippen molar-refractivity contribution in [2.75, 3.05) is 0 Å². The molecule has 0 saturated heterocycles. The number of rotatable bonds is 3. The minimum absolute atomic E-state index is 0.0626. The number of benzene rings is 2. The largest absolute Gasteiger partial charge is 0.125 e. The standard InChI is InChI=1S/C30H48P2/c1-25(2,3)29(31,26(4,5)6)23-19-15-13-17-21(23)22-18-14-16-20-24(22)30(32,27(7,8)9)28(10,11)12/h13-20H,31-32H2,1-12H3. The Hall–Kier alpha value is -0.700. The fourth-order valence-electron chi connectivity index (χ4n) is 5.99. The van der Waals surface area contributed by atoms with Gasteiger partial charge in [-0.1, -0.05) is 132 Å². The normalized spacial score (nSPS) is 14.6. The third-order valence-electron chi connectivity index (χ3n) is 7.73. The first kappa shape index (κ1) is 27.5. The first-order chi connectivity index (χ1) is 14.2. The molecule has 0 nitrogen and oxygen atoms in total. The zero-order chi connectivity index (χ0) is 25.0. The monoisotopic (exact) mass is 470 g/mol. The van der Waals surface area contributed by atoms with Crippen LogP contribution in [-0.4, -0.2) is 0 Å². The Labute approximate surface area is 204 Å². The molecule has 2 heteroatoms. The van der Waals surface area contributed by atoms with Crippen LogP contribution in [0.1, 0.15) is 94.2 Å². The Morgan fingerprint density at radius 3 is 0.844 bits per heavy atom. The van der Waals surface area contributed by atoms with Gasteiger partial charge in [0.05, 0.1) is 0 Å². The van der Waals surface area contributed by atoms with E-state index in [1.165, 1.54) is 22.3 Å². The lowest BCUT2D eigenvalue weighted by Crippen LogP contribution is -2.46. The van der Waals surface area contributed by atoms with Crippen molar-refractivity contribution in [2.45, 2.75) is 93.4 Å². The SMILES string of the molecule is CC(C)(C)C(P)(c1ccccc1-c1ccccc1C(P)(C(C)(C)C)C(C)(C)C)C(C)(C)C. The lowest BCUT2D eigenvalue weighted by molar-refractivity contribution is 0.138. The van der Waals surface area contributed by atoms with Gasteiger partial charge in [-0.15, -0.1) is 18.5 Å². The highest BCUT2D eigenvalue weighted by Gasteiger charge is 2.51. The van der Waals surface area contributed by atoms with Crippen LogP contribution in [0, 0.1) is 21.7 Å². The van der Waals surface area contributed by atoms with Crippen molar-refractivity contribution in [1.29, 1.82) is 0 Å². The zero-order valence-electron chi connectivity index (χ0n) is 22.8. The van der Waals surface area contributed by atoms with E-state index in [1.807, 2.05) is 0 Å². The Morgan fingerprint density at radius 2 is 0.625 bits per heavy atom. The van der Waals surface area contributed by atoms with E-state index in [-0.39, 0.29) is 32.0 Å². The summed E-state index contributed by atoms with van der Waals surface area (Å²) in [7, 11) is 6.59. The number of hydrogen-bond donors (Lipinski definition) is 0. The first-order valence-corrected chi connectivity index (χ1v) is 13.1. The summed E-state index contributed by atoms with van der Waals surface area (Å²) in [5.74, 6) is 0. The highest BCUT2D eigenvalue weighted by Crippen LogP contribution is 2.62. The van der Waals surface area contributed by atoms with Gasteiger partial charge in [-0.3, -0.25) is 0 Å². The van der Waals surface area contributed by atoms with Gasteiger partial charge in [0.1, 0.15) is 0 Å². The Kier molecular flexibility index (Phi) is 7.32. The second kappa shape index (κ2) is 8.51.